The van der Waals surface area contributed by atoms with Gasteiger partial charge >= 0.3 is 11.3 Å². The zero-order chi connectivity index (χ0) is 9.26. The number of fused-ring (bicyclic) bond motifs is 1. The second kappa shape index (κ2) is 3.05. The van der Waals surface area contributed by atoms with Gasteiger partial charge in [-0.2, -0.15) is 0 Å². The molecule has 0 saturated heterocycles. The van der Waals surface area contributed by atoms with Crippen LogP contribution in [0.3, 0.4) is 0 Å². The average molecular weight is 175 g/mol. The monoisotopic (exact) mass is 175 g/mol. The summed E-state index contributed by atoms with van der Waals surface area (Å²) in [6, 6.07) is 9.73. The third-order valence-electron chi connectivity index (χ3n) is 1.98. The van der Waals surface area contributed by atoms with E-state index in [4.69, 9.17) is 9.15 Å². The molecule has 0 aliphatic rings. The van der Waals surface area contributed by atoms with Crippen molar-refractivity contribution in [3.8, 4) is 5.75 Å². The predicted molar refractivity (Wildman–Crippen MR) is 51.9 cm³/mol. The minimum Gasteiger partial charge on any atom is -0.495 e. The van der Waals surface area contributed by atoms with Gasteiger partial charge in [0.2, 0.25) is 0 Å². The molecule has 0 N–H and O–H groups in total. The molecule has 1 aromatic heterocycles. The van der Waals surface area contributed by atoms with E-state index in [1.807, 2.05) is 37.3 Å². The van der Waals surface area contributed by atoms with Gasteiger partial charge in [-0.3, -0.25) is 0 Å². The maximum atomic E-state index is 5.52. The van der Waals surface area contributed by atoms with Crippen molar-refractivity contribution < 1.29 is 9.15 Å². The van der Waals surface area contributed by atoms with E-state index in [1.165, 1.54) is 0 Å². The average Bonchev–Trinajstić information content (AvgIpc) is 2.16. The van der Waals surface area contributed by atoms with Gasteiger partial charge in [-0.1, -0.05) is 12.1 Å². The molecular weight excluding hydrogens is 164 g/mol. The number of aryl methyl sites for hydroxylation is 1. The lowest BCUT2D eigenvalue weighted by molar-refractivity contribution is 0.414. The summed E-state index contributed by atoms with van der Waals surface area (Å²) in [7, 11) is 1.67. The minimum atomic E-state index is 0.857. The third kappa shape index (κ3) is 1.35. The summed E-state index contributed by atoms with van der Waals surface area (Å²) in [6.07, 6.45) is 0. The molecule has 0 aliphatic carbocycles. The first kappa shape index (κ1) is 8.05. The second-order valence-electron chi connectivity index (χ2n) is 2.92. The lowest BCUT2D eigenvalue weighted by Gasteiger charge is -1.98. The van der Waals surface area contributed by atoms with Crippen LogP contribution in [-0.4, -0.2) is 7.11 Å². The number of ether oxygens (including phenoxy) is 1. The molecule has 0 atom stereocenters. The van der Waals surface area contributed by atoms with Crippen molar-refractivity contribution in [2.75, 3.05) is 7.11 Å². The van der Waals surface area contributed by atoms with Crippen molar-refractivity contribution in [1.29, 1.82) is 0 Å². The highest BCUT2D eigenvalue weighted by Crippen LogP contribution is 2.26. The topological polar surface area (TPSA) is 20.5 Å². The molecule has 1 heterocycles. The van der Waals surface area contributed by atoms with Gasteiger partial charge in [0, 0.05) is 6.07 Å². The molecule has 0 fully saturated rings. The molecule has 0 aliphatic heterocycles. The SMILES string of the molecule is COc1cc(C)[o+]c2ccccc12. The van der Waals surface area contributed by atoms with Crippen LogP contribution in [0, 0.1) is 6.92 Å². The zero-order valence-corrected chi connectivity index (χ0v) is 7.70. The Morgan fingerprint density at radius 2 is 2.00 bits per heavy atom. The summed E-state index contributed by atoms with van der Waals surface area (Å²) in [6.45, 7) is 1.91. The van der Waals surface area contributed by atoms with E-state index in [2.05, 4.69) is 0 Å². The van der Waals surface area contributed by atoms with Crippen LogP contribution in [0.4, 0.5) is 0 Å². The van der Waals surface area contributed by atoms with Crippen molar-refractivity contribution in [3.63, 3.8) is 0 Å². The first-order valence-electron chi connectivity index (χ1n) is 4.18. The first-order valence-corrected chi connectivity index (χ1v) is 4.18. The maximum Gasteiger partial charge on any atom is 0.363 e. The standard InChI is InChI=1S/C11H11O2/c1-8-7-11(12-2)9-5-3-4-6-10(9)13-8/h3-7H,1-2H3/q+1. The fraction of sp³-hybridized carbons (Fsp3) is 0.182. The molecule has 2 aromatic rings. The molecular formula is C11H11O2+. The quantitative estimate of drug-likeness (QED) is 0.621. The highest BCUT2D eigenvalue weighted by molar-refractivity contribution is 5.83. The van der Waals surface area contributed by atoms with Gasteiger partial charge in [-0.05, 0) is 6.07 Å². The molecule has 0 bridgehead atoms. The fourth-order valence-corrected chi connectivity index (χ4v) is 1.39. The Morgan fingerprint density at radius 3 is 2.77 bits per heavy atom. The predicted octanol–water partition coefficient (Wildman–Crippen LogP) is 3.03. The summed E-state index contributed by atoms with van der Waals surface area (Å²) in [5.41, 5.74) is 0.861. The van der Waals surface area contributed by atoms with E-state index < -0.39 is 0 Å². The summed E-state index contributed by atoms with van der Waals surface area (Å²) in [4.78, 5) is 0. The van der Waals surface area contributed by atoms with E-state index in [-0.39, 0.29) is 0 Å². The molecule has 0 unspecified atom stereocenters. The molecule has 2 rings (SSSR count). The van der Waals surface area contributed by atoms with Crippen LogP contribution >= 0.6 is 0 Å². The second-order valence-corrected chi connectivity index (χ2v) is 2.92. The van der Waals surface area contributed by atoms with Gasteiger partial charge in [0.15, 0.2) is 0 Å². The molecule has 13 heavy (non-hydrogen) atoms. The van der Waals surface area contributed by atoms with Gasteiger partial charge in [0.1, 0.15) is 11.1 Å². The number of hydrogen-bond acceptors (Lipinski definition) is 1. The van der Waals surface area contributed by atoms with Crippen molar-refractivity contribution in [1.82, 2.24) is 0 Å². The number of para-hydroxylation sites is 1. The molecule has 0 amide bonds. The number of hydrogen-bond donors (Lipinski definition) is 0. The van der Waals surface area contributed by atoms with Crippen LogP contribution in [0.15, 0.2) is 34.7 Å². The van der Waals surface area contributed by atoms with Gasteiger partial charge in [-0.25, -0.2) is 4.42 Å². The molecule has 0 saturated carbocycles. The smallest absolute Gasteiger partial charge is 0.363 e. The number of rotatable bonds is 1. The summed E-state index contributed by atoms with van der Waals surface area (Å²) in [5.74, 6) is 1.72. The Hall–Kier alpha value is -1.57. The highest BCUT2D eigenvalue weighted by atomic mass is 16.5. The Balaban J connectivity index is 2.81. The van der Waals surface area contributed by atoms with Gasteiger partial charge < -0.3 is 4.74 Å². The first-order chi connectivity index (χ1) is 6.31. The summed E-state index contributed by atoms with van der Waals surface area (Å²) < 4.78 is 10.8. The van der Waals surface area contributed by atoms with Gasteiger partial charge in [0.05, 0.1) is 20.1 Å². The molecule has 66 valence electrons. The van der Waals surface area contributed by atoms with Crippen LogP contribution in [0.1, 0.15) is 5.76 Å². The molecule has 1 aromatic carbocycles. The van der Waals surface area contributed by atoms with Crippen molar-refractivity contribution in [2.45, 2.75) is 6.92 Å². The summed E-state index contributed by atoms with van der Waals surface area (Å²) >= 11 is 0. The molecule has 0 radical (unpaired) electrons. The normalized spacial score (nSPS) is 10.3. The van der Waals surface area contributed by atoms with E-state index >= 15 is 0 Å². The van der Waals surface area contributed by atoms with E-state index in [0.29, 0.717) is 0 Å². The van der Waals surface area contributed by atoms with Crippen LogP contribution in [0.2, 0.25) is 0 Å². The minimum absolute atomic E-state index is 0.857. The maximum absolute atomic E-state index is 5.52. The van der Waals surface area contributed by atoms with Crippen molar-refractivity contribution in [3.05, 3.63) is 36.1 Å². The van der Waals surface area contributed by atoms with Crippen LogP contribution < -0.4 is 4.74 Å². The third-order valence-corrected chi connectivity index (χ3v) is 1.98. The largest absolute Gasteiger partial charge is 0.495 e. The van der Waals surface area contributed by atoms with E-state index in [1.54, 1.807) is 7.11 Å². The van der Waals surface area contributed by atoms with Crippen LogP contribution in [0.5, 0.6) is 5.75 Å². The zero-order valence-electron chi connectivity index (χ0n) is 7.70. The molecule has 0 spiro atoms. The Morgan fingerprint density at radius 1 is 1.23 bits per heavy atom. The molecule has 2 heteroatoms. The van der Waals surface area contributed by atoms with Gasteiger partial charge in [0.25, 0.3) is 0 Å². The Labute approximate surface area is 76.8 Å². The van der Waals surface area contributed by atoms with Crippen molar-refractivity contribution in [2.24, 2.45) is 0 Å². The molecule has 2 nitrogen and oxygen atoms in total. The van der Waals surface area contributed by atoms with E-state index in [0.717, 1.165) is 22.5 Å². The van der Waals surface area contributed by atoms with Crippen LogP contribution in [0.25, 0.3) is 11.0 Å². The number of benzene rings is 1. The van der Waals surface area contributed by atoms with Gasteiger partial charge in [-0.15, -0.1) is 0 Å². The van der Waals surface area contributed by atoms with E-state index in [9.17, 15) is 0 Å². The Kier molecular flexibility index (Phi) is 1.89. The lowest BCUT2D eigenvalue weighted by Crippen LogP contribution is -1.85. The summed E-state index contributed by atoms with van der Waals surface area (Å²) in [5, 5.41) is 1.01. The van der Waals surface area contributed by atoms with Crippen molar-refractivity contribution >= 4 is 11.0 Å². The number of methoxy groups -OCH3 is 1. The lowest BCUT2D eigenvalue weighted by atomic mass is 10.2. The van der Waals surface area contributed by atoms with Crippen LogP contribution in [-0.2, 0) is 0 Å². The fourth-order valence-electron chi connectivity index (χ4n) is 1.39. The highest BCUT2D eigenvalue weighted by Gasteiger charge is 2.12. The Bertz CT molecular complexity index is 435.